The summed E-state index contributed by atoms with van der Waals surface area (Å²) in [6.07, 6.45) is -0.266. The molecule has 1 unspecified atom stereocenters. The minimum absolute atomic E-state index is 0.227. The maximum absolute atomic E-state index is 11.9. The van der Waals surface area contributed by atoms with E-state index >= 15 is 0 Å². The summed E-state index contributed by atoms with van der Waals surface area (Å²) in [5, 5.41) is 0. The topological polar surface area (TPSA) is 26.3 Å². The predicted molar refractivity (Wildman–Crippen MR) is 85.6 cm³/mol. The number of hydrogen-bond acceptors (Lipinski definition) is 2. The van der Waals surface area contributed by atoms with Crippen molar-refractivity contribution >= 4 is 51.2 Å². The molecule has 0 N–H and O–H groups in total. The summed E-state index contributed by atoms with van der Waals surface area (Å²) < 4.78 is 7.64. The highest BCUT2D eigenvalue weighted by atomic mass is 127. The molecule has 90 valence electrons. The van der Waals surface area contributed by atoms with Gasteiger partial charge in [0.15, 0.2) is 6.10 Å². The number of hydrogen-bond donors (Lipinski definition) is 0. The van der Waals surface area contributed by atoms with Crippen LogP contribution in [0.1, 0.15) is 27.6 Å². The van der Waals surface area contributed by atoms with E-state index in [1.807, 2.05) is 36.4 Å². The fourth-order valence-corrected chi connectivity index (χ4v) is 4.24. The van der Waals surface area contributed by atoms with Gasteiger partial charge in [0.2, 0.25) is 0 Å². The van der Waals surface area contributed by atoms with Gasteiger partial charge < -0.3 is 4.74 Å². The third kappa shape index (κ3) is 2.05. The van der Waals surface area contributed by atoms with E-state index in [0.29, 0.717) is 5.56 Å². The Morgan fingerprint density at radius 3 is 2.50 bits per heavy atom. The minimum Gasteiger partial charge on any atom is -0.449 e. The van der Waals surface area contributed by atoms with Gasteiger partial charge in [-0.3, -0.25) is 0 Å². The third-order valence-electron chi connectivity index (χ3n) is 2.90. The van der Waals surface area contributed by atoms with Crippen molar-refractivity contribution in [3.8, 4) is 0 Å². The number of fused-ring (bicyclic) bond motifs is 1. The third-order valence-corrected chi connectivity index (χ3v) is 4.42. The molecule has 18 heavy (non-hydrogen) atoms. The molecule has 1 heterocycles. The number of carbonyl (C=O) groups is 1. The van der Waals surface area contributed by atoms with E-state index in [1.54, 1.807) is 0 Å². The number of ether oxygens (including phenoxy) is 1. The SMILES string of the molecule is O=C1OC(c2ccccc2)c2c(I)cc(I)cc21. The van der Waals surface area contributed by atoms with Crippen molar-refractivity contribution in [1.82, 2.24) is 0 Å². The second-order valence-electron chi connectivity index (χ2n) is 4.04. The van der Waals surface area contributed by atoms with Crippen LogP contribution in [0.4, 0.5) is 0 Å². The highest BCUT2D eigenvalue weighted by Gasteiger charge is 2.34. The summed E-state index contributed by atoms with van der Waals surface area (Å²) in [5.41, 5.74) is 2.70. The molecule has 0 saturated heterocycles. The molecule has 1 aliphatic rings. The summed E-state index contributed by atoms with van der Waals surface area (Å²) in [4.78, 5) is 11.9. The second kappa shape index (κ2) is 4.80. The number of cyclic esters (lactones) is 1. The number of esters is 1. The molecule has 1 atom stereocenters. The number of rotatable bonds is 1. The Labute approximate surface area is 132 Å². The molecule has 0 radical (unpaired) electrons. The van der Waals surface area contributed by atoms with Gasteiger partial charge in [0.1, 0.15) is 0 Å². The van der Waals surface area contributed by atoms with Crippen LogP contribution in [0.5, 0.6) is 0 Å². The molecule has 3 rings (SSSR count). The number of carbonyl (C=O) groups excluding carboxylic acids is 1. The van der Waals surface area contributed by atoms with Gasteiger partial charge in [-0.25, -0.2) is 4.79 Å². The first kappa shape index (κ1) is 12.4. The molecule has 1 aliphatic heterocycles. The van der Waals surface area contributed by atoms with Crippen molar-refractivity contribution in [3.63, 3.8) is 0 Å². The first-order chi connectivity index (χ1) is 8.66. The van der Waals surface area contributed by atoms with Crippen molar-refractivity contribution in [3.05, 3.63) is 66.3 Å². The average molecular weight is 462 g/mol. The van der Waals surface area contributed by atoms with Crippen LogP contribution in [0.25, 0.3) is 0 Å². The van der Waals surface area contributed by atoms with E-state index in [-0.39, 0.29) is 12.1 Å². The van der Waals surface area contributed by atoms with Crippen LogP contribution in [0.3, 0.4) is 0 Å². The van der Waals surface area contributed by atoms with Crippen LogP contribution in [-0.2, 0) is 4.74 Å². The van der Waals surface area contributed by atoms with Gasteiger partial charge in [-0.1, -0.05) is 30.3 Å². The predicted octanol–water partition coefficient (Wildman–Crippen LogP) is 4.16. The molecule has 4 heteroatoms. The molecule has 0 spiro atoms. The van der Waals surface area contributed by atoms with Gasteiger partial charge in [-0.15, -0.1) is 0 Å². The van der Waals surface area contributed by atoms with Gasteiger partial charge >= 0.3 is 5.97 Å². The van der Waals surface area contributed by atoms with E-state index in [9.17, 15) is 4.79 Å². The maximum atomic E-state index is 11.9. The molecule has 0 fully saturated rings. The van der Waals surface area contributed by atoms with E-state index < -0.39 is 0 Å². The first-order valence-electron chi connectivity index (χ1n) is 5.41. The molecule has 0 bridgehead atoms. The molecular formula is C14H8I2O2. The lowest BCUT2D eigenvalue weighted by Gasteiger charge is -2.12. The van der Waals surface area contributed by atoms with Crippen molar-refractivity contribution < 1.29 is 9.53 Å². The van der Waals surface area contributed by atoms with E-state index in [4.69, 9.17) is 4.74 Å². The van der Waals surface area contributed by atoms with Gasteiger partial charge in [-0.05, 0) is 62.9 Å². The Hall–Kier alpha value is -0.630. The zero-order valence-electron chi connectivity index (χ0n) is 9.19. The highest BCUT2D eigenvalue weighted by Crippen LogP contribution is 2.39. The summed E-state index contributed by atoms with van der Waals surface area (Å²) in [6, 6.07) is 13.8. The average Bonchev–Trinajstić information content (AvgIpc) is 2.68. The number of halogens is 2. The molecule has 0 aromatic heterocycles. The minimum atomic E-state index is -0.266. The number of benzene rings is 2. The fraction of sp³-hybridized carbons (Fsp3) is 0.0714. The zero-order chi connectivity index (χ0) is 12.7. The Balaban J connectivity index is 2.18. The molecule has 2 aromatic rings. The lowest BCUT2D eigenvalue weighted by Crippen LogP contribution is -2.01. The van der Waals surface area contributed by atoms with E-state index in [0.717, 1.165) is 18.3 Å². The zero-order valence-corrected chi connectivity index (χ0v) is 13.5. The Morgan fingerprint density at radius 1 is 1.06 bits per heavy atom. The molecule has 0 saturated carbocycles. The summed E-state index contributed by atoms with van der Waals surface area (Å²) >= 11 is 4.48. The second-order valence-corrected chi connectivity index (χ2v) is 6.45. The van der Waals surface area contributed by atoms with Crippen LogP contribution >= 0.6 is 45.2 Å². The lowest BCUT2D eigenvalue weighted by molar-refractivity contribution is 0.0455. The maximum Gasteiger partial charge on any atom is 0.339 e. The standard InChI is InChI=1S/C14H8I2O2/c15-9-6-10-12(11(16)7-9)13(18-14(10)17)8-4-2-1-3-5-8/h1-7,13H. The van der Waals surface area contributed by atoms with Crippen LogP contribution in [0, 0.1) is 7.14 Å². The molecule has 0 aliphatic carbocycles. The largest absolute Gasteiger partial charge is 0.449 e. The monoisotopic (exact) mass is 462 g/mol. The molecule has 0 amide bonds. The lowest BCUT2D eigenvalue weighted by atomic mass is 9.99. The summed E-state index contributed by atoms with van der Waals surface area (Å²) in [5.74, 6) is -0.227. The first-order valence-corrected chi connectivity index (χ1v) is 7.57. The van der Waals surface area contributed by atoms with E-state index in [2.05, 4.69) is 51.2 Å². The quantitative estimate of drug-likeness (QED) is 0.471. The van der Waals surface area contributed by atoms with Crippen molar-refractivity contribution in [2.24, 2.45) is 0 Å². The smallest absolute Gasteiger partial charge is 0.339 e. The van der Waals surface area contributed by atoms with Crippen molar-refractivity contribution in [2.45, 2.75) is 6.10 Å². The van der Waals surface area contributed by atoms with Crippen molar-refractivity contribution in [2.75, 3.05) is 0 Å². The Kier molecular flexibility index (Phi) is 3.31. The summed E-state index contributed by atoms with van der Waals surface area (Å²) in [7, 11) is 0. The van der Waals surface area contributed by atoms with E-state index in [1.165, 1.54) is 0 Å². The van der Waals surface area contributed by atoms with Gasteiger partial charge in [0, 0.05) is 12.7 Å². The van der Waals surface area contributed by atoms with Gasteiger partial charge in [0.25, 0.3) is 0 Å². The molecule has 2 nitrogen and oxygen atoms in total. The molecule has 2 aromatic carbocycles. The summed E-state index contributed by atoms with van der Waals surface area (Å²) in [6.45, 7) is 0. The van der Waals surface area contributed by atoms with Crippen LogP contribution < -0.4 is 0 Å². The van der Waals surface area contributed by atoms with Gasteiger partial charge in [-0.2, -0.15) is 0 Å². The van der Waals surface area contributed by atoms with Crippen LogP contribution in [0.2, 0.25) is 0 Å². The van der Waals surface area contributed by atoms with Crippen LogP contribution in [0.15, 0.2) is 42.5 Å². The normalized spacial score (nSPS) is 17.4. The molecular weight excluding hydrogens is 454 g/mol. The Morgan fingerprint density at radius 2 is 1.78 bits per heavy atom. The van der Waals surface area contributed by atoms with Gasteiger partial charge in [0.05, 0.1) is 5.56 Å². The van der Waals surface area contributed by atoms with Crippen molar-refractivity contribution in [1.29, 1.82) is 0 Å². The highest BCUT2D eigenvalue weighted by molar-refractivity contribution is 14.1. The Bertz CT molecular complexity index is 623. The fourth-order valence-electron chi connectivity index (χ4n) is 2.11. The van der Waals surface area contributed by atoms with Crippen LogP contribution in [-0.4, -0.2) is 5.97 Å².